The number of anilines is 1. The molecule has 3 N–H and O–H groups in total. The number of rotatable bonds is 6. The van der Waals surface area contributed by atoms with E-state index in [4.69, 9.17) is 15.6 Å². The summed E-state index contributed by atoms with van der Waals surface area (Å²) in [6, 6.07) is 1.13. The Morgan fingerprint density at radius 1 is 1.40 bits per heavy atom. The number of aliphatic carboxylic acids is 1. The zero-order valence-electron chi connectivity index (χ0n) is 15.1. The van der Waals surface area contributed by atoms with Crippen LogP contribution in [0.15, 0.2) is 6.07 Å². The van der Waals surface area contributed by atoms with E-state index in [2.05, 4.69) is 0 Å². The number of ether oxygens (including phenoxy) is 1. The van der Waals surface area contributed by atoms with E-state index in [0.717, 1.165) is 6.07 Å². The molecule has 1 rings (SSSR count). The van der Waals surface area contributed by atoms with Gasteiger partial charge in [0.1, 0.15) is 5.60 Å². The highest BCUT2D eigenvalue weighted by atomic mass is 16.6. The molecule has 0 bridgehead atoms. The van der Waals surface area contributed by atoms with Crippen LogP contribution in [0.2, 0.25) is 0 Å². The molecule has 0 saturated carbocycles. The van der Waals surface area contributed by atoms with Crippen LogP contribution in [0.5, 0.6) is 0 Å². The molecular weight excluding hydrogens is 328 g/mol. The summed E-state index contributed by atoms with van der Waals surface area (Å²) in [5.74, 6) is -2.31. The monoisotopic (exact) mass is 352 g/mol. The fraction of sp³-hybridized carbons (Fsp3) is 0.529. The van der Waals surface area contributed by atoms with Gasteiger partial charge in [-0.3, -0.25) is 14.9 Å². The number of carboxylic acid groups (broad SMARTS) is 1. The molecule has 0 spiro atoms. The fourth-order valence-corrected chi connectivity index (χ4v) is 2.43. The third-order valence-corrected chi connectivity index (χ3v) is 3.77. The fourth-order valence-electron chi connectivity index (χ4n) is 2.43. The first-order valence-corrected chi connectivity index (χ1v) is 7.87. The topological polar surface area (TPSA) is 133 Å². The van der Waals surface area contributed by atoms with Crippen molar-refractivity contribution in [3.63, 3.8) is 0 Å². The average Bonchev–Trinajstić information content (AvgIpc) is 2.43. The number of nitrogens with zero attached hydrogens (tertiary/aromatic N) is 1. The molecule has 8 heteroatoms. The van der Waals surface area contributed by atoms with E-state index in [0.29, 0.717) is 11.1 Å². The summed E-state index contributed by atoms with van der Waals surface area (Å²) < 4.78 is 5.32. The number of esters is 1. The molecule has 0 amide bonds. The van der Waals surface area contributed by atoms with Crippen molar-refractivity contribution in [2.45, 2.75) is 53.1 Å². The van der Waals surface area contributed by atoms with Crippen molar-refractivity contribution in [3.8, 4) is 0 Å². The second-order valence-corrected chi connectivity index (χ2v) is 7.00. The zero-order valence-corrected chi connectivity index (χ0v) is 15.1. The summed E-state index contributed by atoms with van der Waals surface area (Å²) in [5.41, 5.74) is 5.58. The molecule has 0 radical (unpaired) electrons. The van der Waals surface area contributed by atoms with Crippen molar-refractivity contribution in [1.82, 2.24) is 0 Å². The minimum Gasteiger partial charge on any atom is -0.481 e. The minimum absolute atomic E-state index is 0.0338. The number of carboxylic acids is 1. The molecule has 0 fully saturated rings. The maximum Gasteiger partial charge on any atom is 0.341 e. The minimum atomic E-state index is -0.983. The van der Waals surface area contributed by atoms with Crippen molar-refractivity contribution in [1.29, 1.82) is 0 Å². The molecule has 1 aromatic rings. The maximum absolute atomic E-state index is 12.4. The Labute approximate surface area is 146 Å². The highest BCUT2D eigenvalue weighted by molar-refractivity contribution is 5.98. The third-order valence-electron chi connectivity index (χ3n) is 3.77. The largest absolute Gasteiger partial charge is 0.481 e. The van der Waals surface area contributed by atoms with Crippen molar-refractivity contribution >= 4 is 23.3 Å². The van der Waals surface area contributed by atoms with E-state index >= 15 is 0 Å². The van der Waals surface area contributed by atoms with Crippen molar-refractivity contribution in [2.24, 2.45) is 5.92 Å². The molecule has 138 valence electrons. The van der Waals surface area contributed by atoms with Crippen LogP contribution in [-0.4, -0.2) is 27.6 Å². The van der Waals surface area contributed by atoms with Gasteiger partial charge in [0, 0.05) is 11.6 Å². The van der Waals surface area contributed by atoms with Gasteiger partial charge in [-0.15, -0.1) is 0 Å². The van der Waals surface area contributed by atoms with Gasteiger partial charge in [0.2, 0.25) is 0 Å². The smallest absolute Gasteiger partial charge is 0.341 e. The lowest BCUT2D eigenvalue weighted by Gasteiger charge is -2.22. The molecule has 1 atom stereocenters. The summed E-state index contributed by atoms with van der Waals surface area (Å²) in [4.78, 5) is 34.1. The van der Waals surface area contributed by atoms with E-state index in [1.165, 1.54) is 6.92 Å². The summed E-state index contributed by atoms with van der Waals surface area (Å²) in [7, 11) is 0. The number of benzene rings is 1. The van der Waals surface area contributed by atoms with Gasteiger partial charge < -0.3 is 15.6 Å². The number of carbonyl (C=O) groups excluding carboxylic acids is 1. The molecule has 8 nitrogen and oxygen atoms in total. The Hall–Kier alpha value is -2.64. The molecule has 25 heavy (non-hydrogen) atoms. The van der Waals surface area contributed by atoms with Crippen molar-refractivity contribution in [3.05, 3.63) is 32.9 Å². The van der Waals surface area contributed by atoms with Gasteiger partial charge in [-0.2, -0.15) is 0 Å². The van der Waals surface area contributed by atoms with Crippen LogP contribution in [0.3, 0.4) is 0 Å². The highest BCUT2D eigenvalue weighted by Gasteiger charge is 2.28. The number of hydrogen-bond donors (Lipinski definition) is 2. The van der Waals surface area contributed by atoms with Gasteiger partial charge in [-0.25, -0.2) is 4.79 Å². The van der Waals surface area contributed by atoms with Crippen LogP contribution in [0.25, 0.3) is 0 Å². The molecule has 1 aromatic carbocycles. The highest BCUT2D eigenvalue weighted by Crippen LogP contribution is 2.33. The van der Waals surface area contributed by atoms with Gasteiger partial charge in [-0.1, -0.05) is 6.92 Å². The molecule has 0 heterocycles. The Kier molecular flexibility index (Phi) is 6.12. The van der Waals surface area contributed by atoms with Crippen LogP contribution < -0.4 is 5.73 Å². The molecule has 1 unspecified atom stereocenters. The van der Waals surface area contributed by atoms with Crippen LogP contribution in [0, 0.1) is 23.0 Å². The predicted octanol–water partition coefficient (Wildman–Crippen LogP) is 3.09. The number of nitro benzene ring substituents is 1. The second-order valence-electron chi connectivity index (χ2n) is 7.00. The normalized spacial score (nSPS) is 12.5. The SMILES string of the molecule is Cc1c(CCC(C)C(=O)O)c([N+](=O)[O-])cc(N)c1C(=O)OC(C)(C)C. The van der Waals surface area contributed by atoms with E-state index in [-0.39, 0.29) is 29.8 Å². The first-order valence-electron chi connectivity index (χ1n) is 7.87. The maximum atomic E-state index is 12.4. The first kappa shape index (κ1) is 20.4. The summed E-state index contributed by atoms with van der Waals surface area (Å²) in [6.07, 6.45) is 0.348. The molecule has 0 saturated heterocycles. The molecular formula is C17H24N2O6. The number of nitrogen functional groups attached to an aromatic ring is 1. The van der Waals surface area contributed by atoms with Crippen LogP contribution in [0.4, 0.5) is 11.4 Å². The third kappa shape index (κ3) is 5.17. The second kappa shape index (κ2) is 7.50. The number of nitrogens with two attached hydrogens (primary N) is 1. The number of hydrogen-bond acceptors (Lipinski definition) is 6. The Balaban J connectivity index is 3.37. The first-order chi connectivity index (χ1) is 11.3. The molecule has 0 aromatic heterocycles. The van der Waals surface area contributed by atoms with Crippen molar-refractivity contribution in [2.75, 3.05) is 5.73 Å². The average molecular weight is 352 g/mol. The summed E-state index contributed by atoms with van der Waals surface area (Å²) in [5, 5.41) is 20.3. The number of nitro groups is 1. The lowest BCUT2D eigenvalue weighted by atomic mass is 9.92. The number of carbonyl (C=O) groups is 2. The van der Waals surface area contributed by atoms with E-state index in [1.54, 1.807) is 27.7 Å². The molecule has 0 aliphatic rings. The van der Waals surface area contributed by atoms with Gasteiger partial charge in [0.25, 0.3) is 5.69 Å². The van der Waals surface area contributed by atoms with Gasteiger partial charge in [0.05, 0.1) is 22.1 Å². The van der Waals surface area contributed by atoms with Crippen molar-refractivity contribution < 1.29 is 24.4 Å². The van der Waals surface area contributed by atoms with Gasteiger partial charge in [0.15, 0.2) is 0 Å². The van der Waals surface area contributed by atoms with Gasteiger partial charge in [-0.05, 0) is 46.1 Å². The summed E-state index contributed by atoms with van der Waals surface area (Å²) in [6.45, 7) is 8.20. The standard InChI is InChI=1S/C17H24N2O6/c1-9(15(20)21)6-7-11-10(2)14(16(22)25-17(3,4)5)12(18)8-13(11)19(23)24/h8-9H,6-7,18H2,1-5H3,(H,20,21). The van der Waals surface area contributed by atoms with E-state index in [9.17, 15) is 19.7 Å². The predicted molar refractivity (Wildman–Crippen MR) is 92.5 cm³/mol. The Bertz CT molecular complexity index is 706. The Morgan fingerprint density at radius 2 is 1.96 bits per heavy atom. The summed E-state index contributed by atoms with van der Waals surface area (Å²) >= 11 is 0. The molecule has 0 aliphatic heterocycles. The van der Waals surface area contributed by atoms with Gasteiger partial charge >= 0.3 is 11.9 Å². The lowest BCUT2D eigenvalue weighted by Crippen LogP contribution is -2.25. The zero-order chi connectivity index (χ0) is 19.5. The van der Waals surface area contributed by atoms with Crippen LogP contribution in [-0.2, 0) is 16.0 Å². The Morgan fingerprint density at radius 3 is 2.40 bits per heavy atom. The quantitative estimate of drug-likeness (QED) is 0.348. The van der Waals surface area contributed by atoms with Crippen LogP contribution >= 0.6 is 0 Å². The van der Waals surface area contributed by atoms with Crippen LogP contribution in [0.1, 0.15) is 55.6 Å². The van der Waals surface area contributed by atoms with E-state index < -0.39 is 28.4 Å². The lowest BCUT2D eigenvalue weighted by molar-refractivity contribution is -0.385. The molecule has 0 aliphatic carbocycles. The van der Waals surface area contributed by atoms with E-state index in [1.807, 2.05) is 0 Å².